The SMILES string of the molecule is Clc1cncc(N2CCCC3CCCCC32)n1. The molecule has 3 rings (SSSR count). The van der Waals surface area contributed by atoms with Gasteiger partial charge >= 0.3 is 0 Å². The molecule has 4 heteroatoms. The fourth-order valence-electron chi connectivity index (χ4n) is 3.38. The number of anilines is 1. The van der Waals surface area contributed by atoms with E-state index in [-0.39, 0.29) is 0 Å². The molecule has 3 nitrogen and oxygen atoms in total. The summed E-state index contributed by atoms with van der Waals surface area (Å²) in [5.41, 5.74) is 0. The topological polar surface area (TPSA) is 29.0 Å². The largest absolute Gasteiger partial charge is 0.352 e. The molecule has 1 aliphatic heterocycles. The summed E-state index contributed by atoms with van der Waals surface area (Å²) in [7, 11) is 0. The number of nitrogens with zero attached hydrogens (tertiary/aromatic N) is 3. The van der Waals surface area contributed by atoms with Gasteiger partial charge in [-0.05, 0) is 31.6 Å². The molecule has 2 heterocycles. The first-order chi connectivity index (χ1) is 8.34. The third-order valence-electron chi connectivity index (χ3n) is 4.13. The van der Waals surface area contributed by atoms with Crippen LogP contribution >= 0.6 is 11.6 Å². The smallest absolute Gasteiger partial charge is 0.149 e. The van der Waals surface area contributed by atoms with Crippen LogP contribution in [0.1, 0.15) is 38.5 Å². The normalized spacial score (nSPS) is 28.9. The van der Waals surface area contributed by atoms with Crippen molar-refractivity contribution < 1.29 is 0 Å². The molecule has 1 aliphatic carbocycles. The first kappa shape index (κ1) is 11.3. The van der Waals surface area contributed by atoms with E-state index in [0.717, 1.165) is 18.3 Å². The zero-order valence-corrected chi connectivity index (χ0v) is 10.7. The fraction of sp³-hybridized carbons (Fsp3) is 0.692. The number of halogens is 1. The van der Waals surface area contributed by atoms with Crippen molar-refractivity contribution in [3.05, 3.63) is 17.5 Å². The monoisotopic (exact) mass is 251 g/mol. The third-order valence-corrected chi connectivity index (χ3v) is 4.31. The highest BCUT2D eigenvalue weighted by atomic mass is 35.5. The van der Waals surface area contributed by atoms with Crippen LogP contribution in [0, 0.1) is 5.92 Å². The van der Waals surface area contributed by atoms with E-state index >= 15 is 0 Å². The van der Waals surface area contributed by atoms with E-state index in [4.69, 9.17) is 11.6 Å². The van der Waals surface area contributed by atoms with E-state index in [1.807, 2.05) is 6.20 Å². The van der Waals surface area contributed by atoms with Crippen LogP contribution in [0.5, 0.6) is 0 Å². The molecular formula is C13H18ClN3. The molecule has 1 saturated carbocycles. The summed E-state index contributed by atoms with van der Waals surface area (Å²) in [5.74, 6) is 1.83. The van der Waals surface area contributed by atoms with Gasteiger partial charge in [-0.15, -0.1) is 0 Å². The summed E-state index contributed by atoms with van der Waals surface area (Å²) < 4.78 is 0. The van der Waals surface area contributed by atoms with Gasteiger partial charge in [0.05, 0.1) is 12.4 Å². The molecule has 0 amide bonds. The summed E-state index contributed by atoms with van der Waals surface area (Å²) in [6, 6.07) is 0.672. The Kier molecular flexibility index (Phi) is 3.19. The van der Waals surface area contributed by atoms with Crippen LogP contribution in [0.2, 0.25) is 5.15 Å². The summed E-state index contributed by atoms with van der Waals surface area (Å²) in [6.45, 7) is 1.11. The van der Waals surface area contributed by atoms with Crippen LogP contribution in [-0.2, 0) is 0 Å². The summed E-state index contributed by atoms with van der Waals surface area (Å²) in [6.07, 6.45) is 11.6. The van der Waals surface area contributed by atoms with Crippen LogP contribution in [0.25, 0.3) is 0 Å². The Hall–Kier alpha value is -0.830. The number of hydrogen-bond donors (Lipinski definition) is 0. The van der Waals surface area contributed by atoms with Crippen LogP contribution in [0.3, 0.4) is 0 Å². The molecule has 92 valence electrons. The first-order valence-electron chi connectivity index (χ1n) is 6.59. The third kappa shape index (κ3) is 2.25. The minimum atomic E-state index is 0.500. The average molecular weight is 252 g/mol. The van der Waals surface area contributed by atoms with E-state index in [0.29, 0.717) is 11.2 Å². The Morgan fingerprint density at radius 2 is 1.94 bits per heavy atom. The quantitative estimate of drug-likeness (QED) is 0.767. The van der Waals surface area contributed by atoms with Gasteiger partial charge in [-0.1, -0.05) is 24.4 Å². The Bertz CT molecular complexity index is 394. The van der Waals surface area contributed by atoms with Crippen molar-refractivity contribution >= 4 is 17.4 Å². The Morgan fingerprint density at radius 3 is 2.82 bits per heavy atom. The Morgan fingerprint density at radius 1 is 1.12 bits per heavy atom. The lowest BCUT2D eigenvalue weighted by molar-refractivity contribution is 0.242. The Balaban J connectivity index is 1.85. The maximum Gasteiger partial charge on any atom is 0.149 e. The van der Waals surface area contributed by atoms with Crippen LogP contribution < -0.4 is 4.90 Å². The average Bonchev–Trinajstić information content (AvgIpc) is 2.38. The van der Waals surface area contributed by atoms with Gasteiger partial charge in [-0.3, -0.25) is 4.98 Å². The second kappa shape index (κ2) is 4.81. The van der Waals surface area contributed by atoms with Gasteiger partial charge in [0, 0.05) is 12.6 Å². The number of rotatable bonds is 1. The molecule has 0 spiro atoms. The maximum atomic E-state index is 5.94. The molecule has 2 fully saturated rings. The lowest BCUT2D eigenvalue weighted by Crippen LogP contribution is -2.47. The molecule has 0 N–H and O–H groups in total. The van der Waals surface area contributed by atoms with Crippen molar-refractivity contribution in [1.29, 1.82) is 0 Å². The molecule has 2 unspecified atom stereocenters. The predicted molar refractivity (Wildman–Crippen MR) is 69.4 cm³/mol. The van der Waals surface area contributed by atoms with Crippen molar-refractivity contribution in [2.45, 2.75) is 44.6 Å². The van der Waals surface area contributed by atoms with Crippen LogP contribution in [0.15, 0.2) is 12.4 Å². The van der Waals surface area contributed by atoms with Gasteiger partial charge in [0.2, 0.25) is 0 Å². The maximum absolute atomic E-state index is 5.94. The lowest BCUT2D eigenvalue weighted by atomic mass is 9.78. The fourth-order valence-corrected chi connectivity index (χ4v) is 3.52. The minimum Gasteiger partial charge on any atom is -0.352 e. The van der Waals surface area contributed by atoms with Crippen molar-refractivity contribution in [3.63, 3.8) is 0 Å². The second-order valence-electron chi connectivity index (χ2n) is 5.15. The number of piperidine rings is 1. The van der Waals surface area contributed by atoms with Crippen molar-refractivity contribution in [1.82, 2.24) is 9.97 Å². The Labute approximate surface area is 107 Å². The molecule has 1 aromatic heterocycles. The molecular weight excluding hydrogens is 234 g/mol. The second-order valence-corrected chi connectivity index (χ2v) is 5.53. The number of hydrogen-bond acceptors (Lipinski definition) is 3. The van der Waals surface area contributed by atoms with Gasteiger partial charge in [0.25, 0.3) is 0 Å². The molecule has 0 bridgehead atoms. The van der Waals surface area contributed by atoms with E-state index < -0.39 is 0 Å². The first-order valence-corrected chi connectivity index (χ1v) is 6.96. The highest BCUT2D eigenvalue weighted by Gasteiger charge is 2.33. The van der Waals surface area contributed by atoms with Gasteiger partial charge in [-0.2, -0.15) is 0 Å². The molecule has 1 aromatic rings. The number of fused-ring (bicyclic) bond motifs is 1. The van der Waals surface area contributed by atoms with Crippen molar-refractivity contribution in [3.8, 4) is 0 Å². The van der Waals surface area contributed by atoms with Crippen molar-refractivity contribution in [2.24, 2.45) is 5.92 Å². The lowest BCUT2D eigenvalue weighted by Gasteiger charge is -2.44. The summed E-state index contributed by atoms with van der Waals surface area (Å²) in [5, 5.41) is 0.500. The van der Waals surface area contributed by atoms with E-state index in [1.54, 1.807) is 6.20 Å². The van der Waals surface area contributed by atoms with Crippen LogP contribution in [-0.4, -0.2) is 22.6 Å². The van der Waals surface area contributed by atoms with Crippen molar-refractivity contribution in [2.75, 3.05) is 11.4 Å². The standard InChI is InChI=1S/C13H18ClN3/c14-12-8-15-9-13(16-12)17-7-3-5-10-4-1-2-6-11(10)17/h8-11H,1-7H2. The van der Waals surface area contributed by atoms with E-state index in [2.05, 4.69) is 14.9 Å². The van der Waals surface area contributed by atoms with E-state index in [9.17, 15) is 0 Å². The molecule has 0 aromatic carbocycles. The highest BCUT2D eigenvalue weighted by Crippen LogP contribution is 2.37. The predicted octanol–water partition coefficient (Wildman–Crippen LogP) is 3.29. The molecule has 17 heavy (non-hydrogen) atoms. The van der Waals surface area contributed by atoms with Gasteiger partial charge in [0.15, 0.2) is 0 Å². The van der Waals surface area contributed by atoms with Gasteiger partial charge in [-0.25, -0.2) is 4.98 Å². The summed E-state index contributed by atoms with van der Waals surface area (Å²) in [4.78, 5) is 11.0. The minimum absolute atomic E-state index is 0.500. The summed E-state index contributed by atoms with van der Waals surface area (Å²) >= 11 is 5.94. The zero-order chi connectivity index (χ0) is 11.7. The molecule has 2 aliphatic rings. The highest BCUT2D eigenvalue weighted by molar-refractivity contribution is 6.29. The zero-order valence-electron chi connectivity index (χ0n) is 9.98. The number of aromatic nitrogens is 2. The van der Waals surface area contributed by atoms with Crippen LogP contribution in [0.4, 0.5) is 5.82 Å². The van der Waals surface area contributed by atoms with Gasteiger partial charge < -0.3 is 4.90 Å². The van der Waals surface area contributed by atoms with E-state index in [1.165, 1.54) is 38.5 Å². The molecule has 0 radical (unpaired) electrons. The molecule has 1 saturated heterocycles. The van der Waals surface area contributed by atoms with Gasteiger partial charge in [0.1, 0.15) is 11.0 Å². The molecule has 2 atom stereocenters.